The van der Waals surface area contributed by atoms with Crippen LogP contribution in [0.3, 0.4) is 0 Å². The van der Waals surface area contributed by atoms with Gasteiger partial charge in [-0.15, -0.1) is 6.42 Å². The van der Waals surface area contributed by atoms with Gasteiger partial charge in [0.25, 0.3) is 0 Å². The number of ether oxygens (including phenoxy) is 1. The molecule has 0 aromatic heterocycles. The minimum atomic E-state index is -0.166. The van der Waals surface area contributed by atoms with Gasteiger partial charge in [0.1, 0.15) is 12.4 Å². The van der Waals surface area contributed by atoms with Crippen LogP contribution in [0, 0.1) is 12.3 Å². The molecular weight excluding hydrogens is 318 g/mol. The molecule has 2 unspecified atom stereocenters. The molecule has 2 rings (SSSR count). The topological polar surface area (TPSA) is 41.5 Å². The summed E-state index contributed by atoms with van der Waals surface area (Å²) in [5.41, 5.74) is 1.08. The van der Waals surface area contributed by atoms with Gasteiger partial charge >= 0.3 is 0 Å². The number of nitrogens with one attached hydrogen (secondary N) is 1. The fourth-order valence-corrected chi connectivity index (χ4v) is 2.96. The standard InChI is InChI=1S/C16H20BrNO2/c1-2-8-20-16-7-6-13(17)9-12(16)11-18-14-4-3-5-15(19)10-14/h1,6-7,9,14-15,18-19H,3-5,8,10-11H2. The predicted molar refractivity (Wildman–Crippen MR) is 83.6 cm³/mol. The fraction of sp³-hybridized carbons (Fsp3) is 0.500. The van der Waals surface area contributed by atoms with Crippen molar-refractivity contribution in [1.29, 1.82) is 0 Å². The molecule has 1 saturated carbocycles. The van der Waals surface area contributed by atoms with Crippen LogP contribution in [0.2, 0.25) is 0 Å². The van der Waals surface area contributed by atoms with E-state index in [-0.39, 0.29) is 12.7 Å². The third kappa shape index (κ3) is 4.52. The van der Waals surface area contributed by atoms with Crippen molar-refractivity contribution < 1.29 is 9.84 Å². The summed E-state index contributed by atoms with van der Waals surface area (Å²) in [5, 5.41) is 13.2. The van der Waals surface area contributed by atoms with E-state index in [2.05, 4.69) is 27.2 Å². The summed E-state index contributed by atoms with van der Waals surface area (Å²) >= 11 is 3.48. The fourth-order valence-electron chi connectivity index (χ4n) is 2.55. The molecule has 1 aliphatic rings. The second-order valence-electron chi connectivity index (χ2n) is 5.14. The normalized spacial score (nSPS) is 22.2. The van der Waals surface area contributed by atoms with Crippen LogP contribution in [0.1, 0.15) is 31.2 Å². The highest BCUT2D eigenvalue weighted by Crippen LogP contribution is 2.24. The van der Waals surface area contributed by atoms with Gasteiger partial charge in [-0.3, -0.25) is 0 Å². The number of hydrogen-bond donors (Lipinski definition) is 2. The molecule has 0 spiro atoms. The monoisotopic (exact) mass is 337 g/mol. The summed E-state index contributed by atoms with van der Waals surface area (Å²) in [6.45, 7) is 0.994. The molecule has 1 aromatic carbocycles. The first kappa shape index (κ1) is 15.4. The van der Waals surface area contributed by atoms with Crippen molar-refractivity contribution in [2.75, 3.05) is 6.61 Å². The summed E-state index contributed by atoms with van der Waals surface area (Å²) in [6.07, 6.45) is 9.02. The van der Waals surface area contributed by atoms with E-state index in [1.165, 1.54) is 0 Å². The molecule has 4 heteroatoms. The molecule has 0 aliphatic heterocycles. The van der Waals surface area contributed by atoms with Crippen molar-refractivity contribution in [3.05, 3.63) is 28.2 Å². The van der Waals surface area contributed by atoms with Crippen molar-refractivity contribution in [3.8, 4) is 18.1 Å². The second-order valence-corrected chi connectivity index (χ2v) is 6.06. The molecule has 3 nitrogen and oxygen atoms in total. The predicted octanol–water partition coefficient (Wildman–Crippen LogP) is 2.85. The molecule has 1 fully saturated rings. The number of aliphatic hydroxyl groups is 1. The Labute approximate surface area is 128 Å². The Balaban J connectivity index is 1.97. The maximum absolute atomic E-state index is 9.70. The maximum atomic E-state index is 9.70. The van der Waals surface area contributed by atoms with Gasteiger partial charge in [-0.25, -0.2) is 0 Å². The van der Waals surface area contributed by atoms with Crippen LogP contribution < -0.4 is 10.1 Å². The van der Waals surface area contributed by atoms with Gasteiger partial charge in [0.15, 0.2) is 0 Å². The molecule has 20 heavy (non-hydrogen) atoms. The Morgan fingerprint density at radius 3 is 3.05 bits per heavy atom. The second kappa shape index (κ2) is 7.68. The van der Waals surface area contributed by atoms with Gasteiger partial charge in [-0.05, 0) is 43.9 Å². The van der Waals surface area contributed by atoms with E-state index >= 15 is 0 Å². The van der Waals surface area contributed by atoms with Crippen molar-refractivity contribution in [1.82, 2.24) is 5.32 Å². The molecule has 0 heterocycles. The van der Waals surface area contributed by atoms with Crippen molar-refractivity contribution >= 4 is 15.9 Å². The highest BCUT2D eigenvalue weighted by atomic mass is 79.9. The van der Waals surface area contributed by atoms with Crippen LogP contribution in [-0.4, -0.2) is 23.9 Å². The first-order valence-electron chi connectivity index (χ1n) is 6.95. The van der Waals surface area contributed by atoms with Crippen LogP contribution >= 0.6 is 15.9 Å². The minimum absolute atomic E-state index is 0.166. The number of halogens is 1. The van der Waals surface area contributed by atoms with Crippen LogP contribution in [0.5, 0.6) is 5.75 Å². The highest BCUT2D eigenvalue weighted by molar-refractivity contribution is 9.10. The van der Waals surface area contributed by atoms with E-state index in [9.17, 15) is 5.11 Å². The minimum Gasteiger partial charge on any atom is -0.481 e. The Bertz CT molecular complexity index is 484. The van der Waals surface area contributed by atoms with Crippen LogP contribution in [0.4, 0.5) is 0 Å². The summed E-state index contributed by atoms with van der Waals surface area (Å²) in [5.74, 6) is 3.30. The lowest BCUT2D eigenvalue weighted by Gasteiger charge is -2.27. The first-order valence-corrected chi connectivity index (χ1v) is 7.74. The van der Waals surface area contributed by atoms with Gasteiger partial charge in [-0.2, -0.15) is 0 Å². The Morgan fingerprint density at radius 1 is 1.45 bits per heavy atom. The van der Waals surface area contributed by atoms with Crippen LogP contribution in [-0.2, 0) is 6.54 Å². The average Bonchev–Trinajstić information content (AvgIpc) is 2.44. The summed E-state index contributed by atoms with van der Waals surface area (Å²) in [4.78, 5) is 0. The molecule has 0 radical (unpaired) electrons. The zero-order valence-corrected chi connectivity index (χ0v) is 13.0. The lowest BCUT2D eigenvalue weighted by molar-refractivity contribution is 0.111. The zero-order valence-electron chi connectivity index (χ0n) is 11.4. The first-order chi connectivity index (χ1) is 9.69. The molecular formula is C16H20BrNO2. The summed E-state index contributed by atoms with van der Waals surface area (Å²) in [7, 11) is 0. The van der Waals surface area contributed by atoms with E-state index in [1.54, 1.807) is 0 Å². The van der Waals surface area contributed by atoms with Gasteiger partial charge in [0.05, 0.1) is 6.10 Å². The van der Waals surface area contributed by atoms with Crippen molar-refractivity contribution in [3.63, 3.8) is 0 Å². The van der Waals surface area contributed by atoms with Crippen LogP contribution in [0.15, 0.2) is 22.7 Å². The number of terminal acetylenes is 1. The van der Waals surface area contributed by atoms with Gasteiger partial charge in [-0.1, -0.05) is 21.9 Å². The Morgan fingerprint density at radius 2 is 2.30 bits per heavy atom. The van der Waals surface area contributed by atoms with Crippen molar-refractivity contribution in [2.45, 2.75) is 44.4 Å². The Hall–Kier alpha value is -1.02. The molecule has 2 N–H and O–H groups in total. The van der Waals surface area contributed by atoms with E-state index in [0.717, 1.165) is 48.0 Å². The largest absolute Gasteiger partial charge is 0.481 e. The number of hydrogen-bond acceptors (Lipinski definition) is 3. The molecule has 0 bridgehead atoms. The third-order valence-electron chi connectivity index (χ3n) is 3.56. The molecule has 108 valence electrons. The quantitative estimate of drug-likeness (QED) is 0.812. The van der Waals surface area contributed by atoms with Crippen LogP contribution in [0.25, 0.3) is 0 Å². The Kier molecular flexibility index (Phi) is 5.90. The smallest absolute Gasteiger partial charge is 0.148 e. The lowest BCUT2D eigenvalue weighted by atomic mass is 9.93. The summed E-state index contributed by atoms with van der Waals surface area (Å²) < 4.78 is 6.58. The molecule has 1 aliphatic carbocycles. The molecule has 0 amide bonds. The average molecular weight is 338 g/mol. The molecule has 0 saturated heterocycles. The number of benzene rings is 1. The number of rotatable bonds is 5. The van der Waals surface area contributed by atoms with Crippen molar-refractivity contribution in [2.24, 2.45) is 0 Å². The SMILES string of the molecule is C#CCOc1ccc(Br)cc1CNC1CCCC(O)C1. The molecule has 1 aromatic rings. The van der Waals surface area contributed by atoms with E-state index < -0.39 is 0 Å². The zero-order chi connectivity index (χ0) is 14.4. The summed E-state index contributed by atoms with van der Waals surface area (Å²) in [6, 6.07) is 6.28. The van der Waals surface area contributed by atoms with Gasteiger partial charge in [0.2, 0.25) is 0 Å². The van der Waals surface area contributed by atoms with Gasteiger partial charge < -0.3 is 15.2 Å². The third-order valence-corrected chi connectivity index (χ3v) is 4.05. The van der Waals surface area contributed by atoms with E-state index in [0.29, 0.717) is 6.04 Å². The highest BCUT2D eigenvalue weighted by Gasteiger charge is 2.19. The van der Waals surface area contributed by atoms with E-state index in [4.69, 9.17) is 11.2 Å². The molecule has 2 atom stereocenters. The van der Waals surface area contributed by atoms with Gasteiger partial charge in [0, 0.05) is 22.6 Å². The number of aliphatic hydroxyl groups excluding tert-OH is 1. The lowest BCUT2D eigenvalue weighted by Crippen LogP contribution is -2.35. The van der Waals surface area contributed by atoms with E-state index in [1.807, 2.05) is 18.2 Å². The maximum Gasteiger partial charge on any atom is 0.148 e.